The monoisotopic (exact) mass is 471 g/mol. The Bertz CT molecular complexity index is 976. The molecule has 1 saturated carbocycles. The van der Waals surface area contributed by atoms with Gasteiger partial charge >= 0.3 is 0 Å². The van der Waals surface area contributed by atoms with Gasteiger partial charge in [0.05, 0.1) is 24.1 Å². The van der Waals surface area contributed by atoms with Crippen molar-refractivity contribution in [1.82, 2.24) is 14.8 Å². The fraction of sp³-hybridized carbons (Fsp3) is 0.650. The topological polar surface area (TPSA) is 91.1 Å². The predicted octanol–water partition coefficient (Wildman–Crippen LogP) is 3.88. The molecule has 3 heterocycles. The van der Waals surface area contributed by atoms with Gasteiger partial charge < -0.3 is 4.74 Å². The van der Waals surface area contributed by atoms with E-state index >= 15 is 0 Å². The molecule has 0 amide bonds. The highest BCUT2D eigenvalue weighted by atomic mass is 35.5. The van der Waals surface area contributed by atoms with Crippen molar-refractivity contribution in [2.24, 2.45) is 5.92 Å². The van der Waals surface area contributed by atoms with Crippen molar-refractivity contribution in [3.63, 3.8) is 0 Å². The highest BCUT2D eigenvalue weighted by molar-refractivity contribution is 7.92. The number of carbonyl (C=O) groups excluding carboxylic acids is 1. The number of halogens is 1. The first-order valence-corrected chi connectivity index (χ1v) is 13.2. The van der Waals surface area contributed by atoms with E-state index in [2.05, 4.69) is 10.1 Å². The second-order valence-corrected chi connectivity index (χ2v) is 12.1. The quantitative estimate of drug-likeness (QED) is 0.580. The summed E-state index contributed by atoms with van der Waals surface area (Å²) >= 11 is 7.24. The van der Waals surface area contributed by atoms with Crippen LogP contribution in [0.5, 0.6) is 0 Å². The number of Topliss-reactive ketones (excluding diaryl/α,β-unsaturated/α-hetero) is 1. The van der Waals surface area contributed by atoms with E-state index in [-0.39, 0.29) is 28.3 Å². The first-order chi connectivity index (χ1) is 14.4. The van der Waals surface area contributed by atoms with Crippen LogP contribution in [0.2, 0.25) is 4.34 Å². The summed E-state index contributed by atoms with van der Waals surface area (Å²) in [6.45, 7) is 1.36. The van der Waals surface area contributed by atoms with Gasteiger partial charge in [0.2, 0.25) is 0 Å². The number of carbonyl (C=O) groups is 1. The zero-order valence-electron chi connectivity index (χ0n) is 16.7. The molecule has 7 nitrogen and oxygen atoms in total. The molecule has 30 heavy (non-hydrogen) atoms. The lowest BCUT2D eigenvalue weighted by Crippen LogP contribution is -2.28. The average molecular weight is 472 g/mol. The van der Waals surface area contributed by atoms with Gasteiger partial charge in [0.15, 0.2) is 15.6 Å². The van der Waals surface area contributed by atoms with Crippen LogP contribution >= 0.6 is 22.9 Å². The van der Waals surface area contributed by atoms with Gasteiger partial charge in [-0.2, -0.15) is 5.10 Å². The summed E-state index contributed by atoms with van der Waals surface area (Å²) in [6.07, 6.45) is 10.4. The lowest BCUT2D eigenvalue weighted by atomic mass is 9.92. The summed E-state index contributed by atoms with van der Waals surface area (Å²) in [7, 11) is -3.41. The molecule has 0 N–H and O–H groups in total. The van der Waals surface area contributed by atoms with Crippen molar-refractivity contribution in [3.05, 3.63) is 27.9 Å². The standard InChI is InChI=1S/C20H26ClN3O4S2/c21-19-11-22-20(29-19)9-18(25)17(8-14-4-3-7-28-13-14)24-12-16(10-23-24)30(26,27)15-5-1-2-6-15/h10-12,14-15,17H,1-9,13H2. The van der Waals surface area contributed by atoms with E-state index in [1.54, 1.807) is 6.20 Å². The normalized spacial score (nSPS) is 21.7. The van der Waals surface area contributed by atoms with Gasteiger partial charge in [-0.25, -0.2) is 13.4 Å². The Balaban J connectivity index is 1.56. The van der Waals surface area contributed by atoms with E-state index in [1.807, 2.05) is 0 Å². The number of nitrogens with zero attached hydrogens (tertiary/aromatic N) is 3. The van der Waals surface area contributed by atoms with Crippen LogP contribution in [0.4, 0.5) is 0 Å². The molecule has 2 aromatic rings. The number of hydrogen-bond donors (Lipinski definition) is 0. The van der Waals surface area contributed by atoms with E-state index in [0.29, 0.717) is 35.2 Å². The Kier molecular flexibility index (Phi) is 6.91. The summed E-state index contributed by atoms with van der Waals surface area (Å²) in [5.41, 5.74) is 0. The number of hydrogen-bond acceptors (Lipinski definition) is 7. The van der Waals surface area contributed by atoms with Gasteiger partial charge in [0.25, 0.3) is 0 Å². The smallest absolute Gasteiger partial charge is 0.184 e. The van der Waals surface area contributed by atoms with Crippen molar-refractivity contribution < 1.29 is 17.9 Å². The first kappa shape index (κ1) is 21.9. The molecule has 0 spiro atoms. The fourth-order valence-electron chi connectivity index (χ4n) is 4.36. The van der Waals surface area contributed by atoms with Crippen LogP contribution < -0.4 is 0 Å². The Morgan fingerprint density at radius 1 is 1.27 bits per heavy atom. The number of ether oxygens (including phenoxy) is 1. The van der Waals surface area contributed by atoms with Gasteiger partial charge in [0, 0.05) is 19.4 Å². The zero-order chi connectivity index (χ0) is 21.1. The number of thiazole rings is 1. The Hall–Kier alpha value is -1.29. The first-order valence-electron chi connectivity index (χ1n) is 10.4. The third-order valence-corrected chi connectivity index (χ3v) is 9.33. The van der Waals surface area contributed by atoms with Crippen molar-refractivity contribution in [3.8, 4) is 0 Å². The van der Waals surface area contributed by atoms with E-state index in [9.17, 15) is 13.2 Å². The highest BCUT2D eigenvalue weighted by Crippen LogP contribution is 2.31. The average Bonchev–Trinajstić information content (AvgIpc) is 3.49. The molecule has 0 aromatic carbocycles. The van der Waals surface area contributed by atoms with Crippen molar-refractivity contribution in [1.29, 1.82) is 0 Å². The van der Waals surface area contributed by atoms with E-state index in [0.717, 1.165) is 32.3 Å². The molecule has 164 valence electrons. The van der Waals surface area contributed by atoms with Gasteiger partial charge in [-0.3, -0.25) is 9.48 Å². The molecule has 0 bridgehead atoms. The van der Waals surface area contributed by atoms with Gasteiger partial charge in [-0.05, 0) is 38.0 Å². The number of sulfone groups is 1. The molecular weight excluding hydrogens is 446 g/mol. The van der Waals surface area contributed by atoms with Gasteiger partial charge in [-0.15, -0.1) is 11.3 Å². The van der Waals surface area contributed by atoms with Crippen molar-refractivity contribution in [2.45, 2.75) is 67.6 Å². The Morgan fingerprint density at radius 3 is 2.73 bits per heavy atom. The predicted molar refractivity (Wildman–Crippen MR) is 115 cm³/mol. The number of rotatable bonds is 8. The molecule has 0 radical (unpaired) electrons. The molecule has 2 fully saturated rings. The van der Waals surface area contributed by atoms with E-state index < -0.39 is 15.9 Å². The highest BCUT2D eigenvalue weighted by Gasteiger charge is 2.33. The minimum absolute atomic E-state index is 0.0421. The van der Waals surface area contributed by atoms with Crippen LogP contribution in [0.3, 0.4) is 0 Å². The van der Waals surface area contributed by atoms with Gasteiger partial charge in [-0.1, -0.05) is 24.4 Å². The third-order valence-electron chi connectivity index (χ3n) is 6.00. The summed E-state index contributed by atoms with van der Waals surface area (Å²) in [5.74, 6) is 0.200. The van der Waals surface area contributed by atoms with E-state index in [1.165, 1.54) is 28.4 Å². The molecule has 1 saturated heterocycles. The van der Waals surface area contributed by atoms with E-state index in [4.69, 9.17) is 16.3 Å². The summed E-state index contributed by atoms with van der Waals surface area (Å²) in [6, 6.07) is -0.549. The van der Waals surface area contributed by atoms with Crippen LogP contribution in [0, 0.1) is 5.92 Å². The Morgan fingerprint density at radius 2 is 2.07 bits per heavy atom. The second-order valence-electron chi connectivity index (χ2n) is 8.14. The van der Waals surface area contributed by atoms with Gasteiger partial charge in [0.1, 0.15) is 20.3 Å². The van der Waals surface area contributed by atoms with Crippen LogP contribution in [0.1, 0.15) is 56.0 Å². The maximum Gasteiger partial charge on any atom is 0.184 e. The molecule has 1 aliphatic carbocycles. The van der Waals surface area contributed by atoms with Crippen molar-refractivity contribution in [2.75, 3.05) is 13.2 Å². The zero-order valence-corrected chi connectivity index (χ0v) is 19.1. The number of aromatic nitrogens is 3. The molecule has 10 heteroatoms. The molecule has 1 aliphatic heterocycles. The molecule has 2 atom stereocenters. The minimum Gasteiger partial charge on any atom is -0.381 e. The lowest BCUT2D eigenvalue weighted by molar-refractivity contribution is -0.122. The molecule has 2 unspecified atom stereocenters. The maximum atomic E-state index is 13.2. The lowest BCUT2D eigenvalue weighted by Gasteiger charge is -2.26. The number of ketones is 1. The molecular formula is C20H26ClN3O4S2. The molecule has 4 rings (SSSR count). The minimum atomic E-state index is -3.41. The third kappa shape index (κ3) is 4.95. The van der Waals surface area contributed by atoms with Crippen LogP contribution in [0.15, 0.2) is 23.5 Å². The van der Waals surface area contributed by atoms with Crippen LogP contribution in [-0.4, -0.2) is 47.4 Å². The largest absolute Gasteiger partial charge is 0.381 e. The fourth-order valence-corrected chi connectivity index (χ4v) is 7.12. The molecule has 2 aromatic heterocycles. The summed E-state index contributed by atoms with van der Waals surface area (Å²) in [4.78, 5) is 17.6. The summed E-state index contributed by atoms with van der Waals surface area (Å²) < 4.78 is 33.5. The van der Waals surface area contributed by atoms with Crippen LogP contribution in [0.25, 0.3) is 0 Å². The van der Waals surface area contributed by atoms with Crippen LogP contribution in [-0.2, 0) is 25.8 Å². The molecule has 2 aliphatic rings. The van der Waals surface area contributed by atoms with Crippen molar-refractivity contribution >= 4 is 38.6 Å². The maximum absolute atomic E-state index is 13.2. The Labute approximate surface area is 185 Å². The summed E-state index contributed by atoms with van der Waals surface area (Å²) in [5, 5.41) is 4.63. The SMILES string of the molecule is O=C(Cc1ncc(Cl)s1)C(CC1CCCOC1)n1cc(S(=O)(=O)C2CCCC2)cn1. The second kappa shape index (κ2) is 9.46.